The van der Waals surface area contributed by atoms with E-state index < -0.39 is 11.8 Å². The number of ether oxygens (including phenoxy) is 1. The third kappa shape index (κ3) is 4.07. The molecule has 5 heteroatoms. The number of Topliss-reactive ketones (excluding diaryl/α,β-unsaturated/α-hetero) is 1. The summed E-state index contributed by atoms with van der Waals surface area (Å²) in [6, 6.07) is 1.90. The minimum absolute atomic E-state index is 0.0709. The van der Waals surface area contributed by atoms with Crippen LogP contribution in [0.4, 0.5) is 0 Å². The lowest BCUT2D eigenvalue weighted by Crippen LogP contribution is -2.39. The molecule has 0 spiro atoms. The first-order chi connectivity index (χ1) is 10.5. The fourth-order valence-corrected chi connectivity index (χ4v) is 3.76. The van der Waals surface area contributed by atoms with Gasteiger partial charge >= 0.3 is 0 Å². The Balaban J connectivity index is 1.77. The molecule has 2 rings (SSSR count). The van der Waals surface area contributed by atoms with Crippen molar-refractivity contribution in [2.45, 2.75) is 52.1 Å². The van der Waals surface area contributed by atoms with Crippen LogP contribution in [0.15, 0.2) is 0 Å². The van der Waals surface area contributed by atoms with Crippen LogP contribution in [0.2, 0.25) is 0 Å². The zero-order valence-corrected chi connectivity index (χ0v) is 13.5. The molecule has 0 radical (unpaired) electrons. The third-order valence-corrected chi connectivity index (χ3v) is 4.85. The van der Waals surface area contributed by atoms with Gasteiger partial charge in [0.1, 0.15) is 0 Å². The van der Waals surface area contributed by atoms with Crippen molar-refractivity contribution >= 4 is 11.7 Å². The molecule has 2 aliphatic rings. The maximum atomic E-state index is 12.5. The van der Waals surface area contributed by atoms with Crippen molar-refractivity contribution in [2.75, 3.05) is 13.2 Å². The molecule has 1 N–H and O–H groups in total. The van der Waals surface area contributed by atoms with Crippen molar-refractivity contribution in [3.05, 3.63) is 0 Å². The van der Waals surface area contributed by atoms with E-state index >= 15 is 0 Å². The number of nitrogens with one attached hydrogen (secondary N) is 1. The number of nitrogens with zero attached hydrogens (tertiary/aromatic N) is 1. The van der Waals surface area contributed by atoms with E-state index in [-0.39, 0.29) is 17.8 Å². The molecule has 0 aromatic heterocycles. The summed E-state index contributed by atoms with van der Waals surface area (Å²) in [6.07, 6.45) is 5.10. The quantitative estimate of drug-likeness (QED) is 0.550. The van der Waals surface area contributed by atoms with Crippen molar-refractivity contribution in [3.63, 3.8) is 0 Å². The molecule has 1 amide bonds. The predicted molar refractivity (Wildman–Crippen MR) is 81.8 cm³/mol. The second kappa shape index (κ2) is 7.73. The highest BCUT2D eigenvalue weighted by Crippen LogP contribution is 2.49. The van der Waals surface area contributed by atoms with Crippen LogP contribution in [0.25, 0.3) is 0 Å². The summed E-state index contributed by atoms with van der Waals surface area (Å²) >= 11 is 0. The lowest BCUT2D eigenvalue weighted by molar-refractivity contribution is -0.134. The molecule has 122 valence electrons. The number of rotatable bonds is 8. The smallest absolute Gasteiger partial charge is 0.245 e. The summed E-state index contributed by atoms with van der Waals surface area (Å²) in [6.45, 7) is 4.92. The van der Waals surface area contributed by atoms with Gasteiger partial charge in [-0.15, -0.1) is 0 Å². The molecule has 0 heterocycles. The van der Waals surface area contributed by atoms with Crippen LogP contribution < -0.4 is 5.32 Å². The van der Waals surface area contributed by atoms with E-state index in [4.69, 9.17) is 4.74 Å². The Morgan fingerprint density at radius 1 is 1.32 bits per heavy atom. The Hall–Kier alpha value is -1.41. The van der Waals surface area contributed by atoms with Gasteiger partial charge in [-0.1, -0.05) is 6.42 Å². The Labute approximate surface area is 132 Å². The van der Waals surface area contributed by atoms with Crippen LogP contribution in [-0.4, -0.2) is 30.9 Å². The summed E-state index contributed by atoms with van der Waals surface area (Å²) in [5, 5.41) is 11.9. The van der Waals surface area contributed by atoms with Crippen LogP contribution in [0, 0.1) is 35.0 Å². The SMILES string of the molecule is CC(C)OCCCNC(=O)C(C#N)C(=O)C1CC2CCC1C2. The summed E-state index contributed by atoms with van der Waals surface area (Å²) in [7, 11) is 0. The average molecular weight is 306 g/mol. The highest BCUT2D eigenvalue weighted by atomic mass is 16.5. The monoisotopic (exact) mass is 306 g/mol. The van der Waals surface area contributed by atoms with E-state index in [2.05, 4.69) is 5.32 Å². The van der Waals surface area contributed by atoms with Gasteiger partial charge in [0.15, 0.2) is 11.7 Å². The molecule has 5 nitrogen and oxygen atoms in total. The number of hydrogen-bond acceptors (Lipinski definition) is 4. The number of carbonyl (C=O) groups excluding carboxylic acids is 2. The number of nitriles is 1. The van der Waals surface area contributed by atoms with Gasteiger partial charge in [-0.3, -0.25) is 9.59 Å². The second-order valence-electron chi connectivity index (χ2n) is 6.81. The Morgan fingerprint density at radius 2 is 2.09 bits per heavy atom. The van der Waals surface area contributed by atoms with Gasteiger partial charge in [-0.2, -0.15) is 5.26 Å². The molecule has 2 saturated carbocycles. The lowest BCUT2D eigenvalue weighted by atomic mass is 9.81. The minimum Gasteiger partial charge on any atom is -0.379 e. The molecular weight excluding hydrogens is 280 g/mol. The van der Waals surface area contributed by atoms with Gasteiger partial charge in [0.05, 0.1) is 12.2 Å². The van der Waals surface area contributed by atoms with Crippen molar-refractivity contribution in [3.8, 4) is 6.07 Å². The van der Waals surface area contributed by atoms with Crippen LogP contribution >= 0.6 is 0 Å². The Kier molecular flexibility index (Phi) is 5.96. The van der Waals surface area contributed by atoms with Gasteiger partial charge in [-0.25, -0.2) is 0 Å². The van der Waals surface area contributed by atoms with Gasteiger partial charge in [-0.05, 0) is 51.4 Å². The van der Waals surface area contributed by atoms with E-state index in [1.54, 1.807) is 0 Å². The fraction of sp³-hybridized carbons (Fsp3) is 0.824. The highest BCUT2D eigenvalue weighted by molar-refractivity contribution is 6.05. The maximum absolute atomic E-state index is 12.5. The molecular formula is C17H26N2O3. The normalized spacial score (nSPS) is 27.6. The van der Waals surface area contributed by atoms with Crippen molar-refractivity contribution in [1.82, 2.24) is 5.32 Å². The first-order valence-electron chi connectivity index (χ1n) is 8.35. The van der Waals surface area contributed by atoms with E-state index in [1.165, 1.54) is 6.42 Å². The molecule has 22 heavy (non-hydrogen) atoms. The Morgan fingerprint density at radius 3 is 2.64 bits per heavy atom. The fourth-order valence-electron chi connectivity index (χ4n) is 3.76. The number of carbonyl (C=O) groups is 2. The van der Waals surface area contributed by atoms with Crippen LogP contribution in [0.3, 0.4) is 0 Å². The number of amides is 1. The zero-order chi connectivity index (χ0) is 16.1. The van der Waals surface area contributed by atoms with E-state index in [0.29, 0.717) is 31.4 Å². The van der Waals surface area contributed by atoms with Gasteiger partial charge in [0.25, 0.3) is 0 Å². The van der Waals surface area contributed by atoms with Gasteiger partial charge < -0.3 is 10.1 Å². The van der Waals surface area contributed by atoms with Gasteiger partial charge in [0, 0.05) is 19.1 Å². The molecule has 0 aromatic carbocycles. The lowest BCUT2D eigenvalue weighted by Gasteiger charge is -2.22. The summed E-state index contributed by atoms with van der Waals surface area (Å²) < 4.78 is 5.39. The van der Waals surface area contributed by atoms with Crippen molar-refractivity contribution in [1.29, 1.82) is 5.26 Å². The standard InChI is InChI=1S/C17H26N2O3/c1-11(2)22-7-3-6-19-17(21)15(10-18)16(20)14-9-12-4-5-13(14)8-12/h11-15H,3-9H2,1-2H3,(H,19,21). The van der Waals surface area contributed by atoms with E-state index in [0.717, 1.165) is 19.3 Å². The predicted octanol–water partition coefficient (Wildman–Crippen LogP) is 2.06. The Bertz CT molecular complexity index is 455. The topological polar surface area (TPSA) is 79.2 Å². The van der Waals surface area contributed by atoms with Crippen LogP contribution in [0.5, 0.6) is 0 Å². The summed E-state index contributed by atoms with van der Waals surface area (Å²) in [5.74, 6) is -0.783. The largest absolute Gasteiger partial charge is 0.379 e. The highest BCUT2D eigenvalue weighted by Gasteiger charge is 2.46. The molecule has 2 fully saturated rings. The molecule has 4 atom stereocenters. The molecule has 0 aliphatic heterocycles. The van der Waals surface area contributed by atoms with Crippen molar-refractivity contribution < 1.29 is 14.3 Å². The zero-order valence-electron chi connectivity index (χ0n) is 13.5. The number of fused-ring (bicyclic) bond motifs is 2. The summed E-state index contributed by atoms with van der Waals surface area (Å²) in [4.78, 5) is 24.6. The molecule has 4 unspecified atom stereocenters. The number of ketones is 1. The van der Waals surface area contributed by atoms with E-state index in [1.807, 2.05) is 19.9 Å². The molecule has 2 aliphatic carbocycles. The number of hydrogen-bond donors (Lipinski definition) is 1. The first kappa shape index (κ1) is 17.0. The first-order valence-corrected chi connectivity index (χ1v) is 8.35. The summed E-state index contributed by atoms with van der Waals surface area (Å²) in [5.41, 5.74) is 0. The minimum atomic E-state index is -1.14. The van der Waals surface area contributed by atoms with Gasteiger partial charge in [0.2, 0.25) is 5.91 Å². The molecule has 0 saturated heterocycles. The molecule has 0 aromatic rings. The second-order valence-corrected chi connectivity index (χ2v) is 6.81. The maximum Gasteiger partial charge on any atom is 0.245 e. The van der Waals surface area contributed by atoms with Crippen LogP contribution in [0.1, 0.15) is 46.0 Å². The van der Waals surface area contributed by atoms with Crippen LogP contribution in [-0.2, 0) is 14.3 Å². The average Bonchev–Trinajstić information content (AvgIpc) is 3.09. The van der Waals surface area contributed by atoms with E-state index in [9.17, 15) is 14.9 Å². The third-order valence-electron chi connectivity index (χ3n) is 4.85. The van der Waals surface area contributed by atoms with Crippen molar-refractivity contribution in [2.24, 2.45) is 23.7 Å². The molecule has 2 bridgehead atoms.